The predicted octanol–water partition coefficient (Wildman–Crippen LogP) is 2.86. The van der Waals surface area contributed by atoms with Crippen LogP contribution >= 0.6 is 0 Å². The van der Waals surface area contributed by atoms with Crippen LogP contribution in [0.15, 0.2) is 48.5 Å². The molecule has 0 fully saturated rings. The lowest BCUT2D eigenvalue weighted by molar-refractivity contribution is 0.174. The second-order valence-electron chi connectivity index (χ2n) is 5.23. The van der Waals surface area contributed by atoms with Gasteiger partial charge in [-0.05, 0) is 30.2 Å². The number of hydrogen-bond acceptors (Lipinski definition) is 3. The number of terminal acetylenes is 1. The number of urea groups is 1. The van der Waals surface area contributed by atoms with Crippen molar-refractivity contribution in [3.05, 3.63) is 59.7 Å². The zero-order chi connectivity index (χ0) is 17.4. The van der Waals surface area contributed by atoms with Gasteiger partial charge in [0.25, 0.3) is 0 Å². The number of benzene rings is 2. The molecule has 2 aromatic rings. The van der Waals surface area contributed by atoms with Crippen molar-refractivity contribution in [1.29, 1.82) is 0 Å². The minimum Gasteiger partial charge on any atom is -0.481 e. The van der Waals surface area contributed by atoms with E-state index in [1.54, 1.807) is 24.3 Å². The summed E-state index contributed by atoms with van der Waals surface area (Å²) in [6, 6.07) is 14.0. The zero-order valence-electron chi connectivity index (χ0n) is 13.5. The van der Waals surface area contributed by atoms with E-state index < -0.39 is 12.1 Å². The third-order valence-corrected chi connectivity index (χ3v) is 3.42. The molecule has 2 aromatic carbocycles. The average Bonchev–Trinajstić information content (AvgIpc) is 2.58. The van der Waals surface area contributed by atoms with Crippen molar-refractivity contribution in [2.24, 2.45) is 0 Å². The maximum atomic E-state index is 12.0. The molecule has 0 bridgehead atoms. The van der Waals surface area contributed by atoms with E-state index in [-0.39, 0.29) is 13.2 Å². The van der Waals surface area contributed by atoms with E-state index in [1.807, 2.05) is 31.2 Å². The van der Waals surface area contributed by atoms with Crippen LogP contribution in [-0.2, 0) is 0 Å². The fourth-order valence-corrected chi connectivity index (χ4v) is 2.22. The summed E-state index contributed by atoms with van der Waals surface area (Å²) in [7, 11) is 0. The van der Waals surface area contributed by atoms with Crippen molar-refractivity contribution in [1.82, 2.24) is 5.32 Å². The third-order valence-electron chi connectivity index (χ3n) is 3.42. The molecule has 3 N–H and O–H groups in total. The molecule has 5 heteroatoms. The Balaban J connectivity index is 1.87. The second-order valence-corrected chi connectivity index (χ2v) is 5.23. The Morgan fingerprint density at radius 1 is 1.29 bits per heavy atom. The first kappa shape index (κ1) is 17.4. The molecule has 0 radical (unpaired) electrons. The SMILES string of the molecule is C#CCOc1cccc(NC(=O)NCC(O)c2ccccc2C)c1. The Bertz CT molecular complexity index is 737. The molecule has 1 unspecified atom stereocenters. The fourth-order valence-electron chi connectivity index (χ4n) is 2.22. The van der Waals surface area contributed by atoms with Crippen LogP contribution in [0.25, 0.3) is 0 Å². The number of aliphatic hydroxyl groups is 1. The van der Waals surface area contributed by atoms with Crippen molar-refractivity contribution >= 4 is 11.7 Å². The van der Waals surface area contributed by atoms with Gasteiger partial charge in [0, 0.05) is 18.3 Å². The summed E-state index contributed by atoms with van der Waals surface area (Å²) in [5, 5.41) is 15.5. The monoisotopic (exact) mass is 324 g/mol. The van der Waals surface area contributed by atoms with Gasteiger partial charge in [-0.15, -0.1) is 6.42 Å². The van der Waals surface area contributed by atoms with Gasteiger partial charge >= 0.3 is 6.03 Å². The molecule has 0 saturated carbocycles. The lowest BCUT2D eigenvalue weighted by Gasteiger charge is -2.15. The molecule has 5 nitrogen and oxygen atoms in total. The third kappa shape index (κ3) is 5.04. The number of hydrogen-bond donors (Lipinski definition) is 3. The highest BCUT2D eigenvalue weighted by Gasteiger charge is 2.11. The molecule has 24 heavy (non-hydrogen) atoms. The Hall–Kier alpha value is -2.97. The molecular weight excluding hydrogens is 304 g/mol. The van der Waals surface area contributed by atoms with E-state index in [4.69, 9.17) is 11.2 Å². The molecule has 0 spiro atoms. The summed E-state index contributed by atoms with van der Waals surface area (Å²) in [6.45, 7) is 2.20. The van der Waals surface area contributed by atoms with Gasteiger partial charge in [0.1, 0.15) is 12.4 Å². The number of anilines is 1. The predicted molar refractivity (Wildman–Crippen MR) is 93.9 cm³/mol. The minimum atomic E-state index is -0.762. The van der Waals surface area contributed by atoms with Crippen molar-refractivity contribution in [3.63, 3.8) is 0 Å². The Morgan fingerprint density at radius 3 is 2.83 bits per heavy atom. The van der Waals surface area contributed by atoms with E-state index in [1.165, 1.54) is 0 Å². The number of ether oxygens (including phenoxy) is 1. The molecule has 124 valence electrons. The lowest BCUT2D eigenvalue weighted by Crippen LogP contribution is -2.32. The van der Waals surface area contributed by atoms with Crippen LogP contribution in [0.5, 0.6) is 5.75 Å². The van der Waals surface area contributed by atoms with Gasteiger partial charge in [0.2, 0.25) is 0 Å². The van der Waals surface area contributed by atoms with Gasteiger partial charge < -0.3 is 20.5 Å². The molecule has 1 atom stereocenters. The second kappa shape index (κ2) is 8.61. The minimum absolute atomic E-state index is 0.115. The highest BCUT2D eigenvalue weighted by molar-refractivity contribution is 5.89. The topological polar surface area (TPSA) is 70.6 Å². The van der Waals surface area contributed by atoms with Crippen molar-refractivity contribution in [3.8, 4) is 18.1 Å². The zero-order valence-corrected chi connectivity index (χ0v) is 13.5. The Kier molecular flexibility index (Phi) is 6.23. The molecule has 0 aliphatic heterocycles. The maximum Gasteiger partial charge on any atom is 0.319 e. The smallest absolute Gasteiger partial charge is 0.319 e. The molecular formula is C19H20N2O3. The molecule has 0 aliphatic carbocycles. The van der Waals surface area contributed by atoms with Gasteiger partial charge in [-0.3, -0.25) is 0 Å². The summed E-state index contributed by atoms with van der Waals surface area (Å²) < 4.78 is 5.30. The molecule has 0 heterocycles. The number of amides is 2. The summed E-state index contributed by atoms with van der Waals surface area (Å²) in [5.41, 5.74) is 2.35. The van der Waals surface area contributed by atoms with Crippen LogP contribution in [0.1, 0.15) is 17.2 Å². The van der Waals surface area contributed by atoms with Gasteiger partial charge in [-0.25, -0.2) is 4.79 Å². The van der Waals surface area contributed by atoms with E-state index in [2.05, 4.69) is 16.6 Å². The Morgan fingerprint density at radius 2 is 2.08 bits per heavy atom. The van der Waals surface area contributed by atoms with Crippen LogP contribution in [0.4, 0.5) is 10.5 Å². The fraction of sp³-hybridized carbons (Fsp3) is 0.211. The number of nitrogens with one attached hydrogen (secondary N) is 2. The summed E-state index contributed by atoms with van der Waals surface area (Å²) in [5.74, 6) is 2.95. The average molecular weight is 324 g/mol. The maximum absolute atomic E-state index is 12.0. The molecule has 2 rings (SSSR count). The number of rotatable bonds is 6. The van der Waals surface area contributed by atoms with E-state index in [9.17, 15) is 9.90 Å². The van der Waals surface area contributed by atoms with Gasteiger partial charge in [0.05, 0.1) is 6.10 Å². The van der Waals surface area contributed by atoms with Gasteiger partial charge in [-0.2, -0.15) is 0 Å². The standard InChI is InChI=1S/C19H20N2O3/c1-3-11-24-16-9-6-8-15(12-16)21-19(23)20-13-18(22)17-10-5-4-7-14(17)2/h1,4-10,12,18,22H,11,13H2,2H3,(H2,20,21,23). The number of aryl methyl sites for hydroxylation is 1. The normalized spacial score (nSPS) is 11.2. The number of aliphatic hydroxyl groups excluding tert-OH is 1. The summed E-state index contributed by atoms with van der Waals surface area (Å²) >= 11 is 0. The lowest BCUT2D eigenvalue weighted by atomic mass is 10.0. The summed E-state index contributed by atoms with van der Waals surface area (Å²) in [6.07, 6.45) is 4.38. The van der Waals surface area contributed by atoms with Crippen LogP contribution < -0.4 is 15.4 Å². The molecule has 0 saturated heterocycles. The van der Waals surface area contributed by atoms with Crippen LogP contribution in [-0.4, -0.2) is 24.3 Å². The van der Waals surface area contributed by atoms with E-state index >= 15 is 0 Å². The van der Waals surface area contributed by atoms with Crippen LogP contribution in [0.3, 0.4) is 0 Å². The molecule has 2 amide bonds. The molecule has 0 aliphatic rings. The van der Waals surface area contributed by atoms with E-state index in [0.29, 0.717) is 11.4 Å². The largest absolute Gasteiger partial charge is 0.481 e. The highest BCUT2D eigenvalue weighted by Crippen LogP contribution is 2.18. The number of carbonyl (C=O) groups is 1. The first-order chi connectivity index (χ1) is 11.6. The highest BCUT2D eigenvalue weighted by atomic mass is 16.5. The van der Waals surface area contributed by atoms with Crippen LogP contribution in [0, 0.1) is 19.3 Å². The van der Waals surface area contributed by atoms with Crippen molar-refractivity contribution < 1.29 is 14.6 Å². The first-order valence-electron chi connectivity index (χ1n) is 7.55. The molecule has 0 aromatic heterocycles. The van der Waals surface area contributed by atoms with Gasteiger partial charge in [-0.1, -0.05) is 36.3 Å². The first-order valence-corrected chi connectivity index (χ1v) is 7.55. The summed E-state index contributed by atoms with van der Waals surface area (Å²) in [4.78, 5) is 12.0. The van der Waals surface area contributed by atoms with Gasteiger partial charge in [0.15, 0.2) is 0 Å². The van der Waals surface area contributed by atoms with E-state index in [0.717, 1.165) is 11.1 Å². The Labute approximate surface area is 141 Å². The van der Waals surface area contributed by atoms with Crippen LogP contribution in [0.2, 0.25) is 0 Å². The van der Waals surface area contributed by atoms with Crippen molar-refractivity contribution in [2.45, 2.75) is 13.0 Å². The van der Waals surface area contributed by atoms with Crippen molar-refractivity contribution in [2.75, 3.05) is 18.5 Å². The number of carbonyl (C=O) groups excluding carboxylic acids is 1. The quantitative estimate of drug-likeness (QED) is 0.716.